The van der Waals surface area contributed by atoms with Crippen LogP contribution in [-0.4, -0.2) is 16.1 Å². The second kappa shape index (κ2) is 5.89. The van der Waals surface area contributed by atoms with E-state index in [1.54, 1.807) is 11.3 Å². The van der Waals surface area contributed by atoms with Crippen molar-refractivity contribution in [3.8, 4) is 0 Å². The number of anilines is 1. The SMILES string of the molecule is CCCC(NC(=O)c1n[nH]c(C2CC2)c1N)c1cccs1. The highest BCUT2D eigenvalue weighted by atomic mass is 32.1. The van der Waals surface area contributed by atoms with Crippen LogP contribution >= 0.6 is 11.3 Å². The van der Waals surface area contributed by atoms with E-state index in [1.165, 1.54) is 4.88 Å². The Morgan fingerprint density at radius 2 is 2.43 bits per heavy atom. The Labute approximate surface area is 127 Å². The van der Waals surface area contributed by atoms with Gasteiger partial charge in [0, 0.05) is 10.8 Å². The summed E-state index contributed by atoms with van der Waals surface area (Å²) in [5, 5.41) is 12.1. The minimum absolute atomic E-state index is 0.0305. The van der Waals surface area contributed by atoms with Gasteiger partial charge in [-0.2, -0.15) is 5.10 Å². The highest BCUT2D eigenvalue weighted by molar-refractivity contribution is 7.10. The molecule has 5 nitrogen and oxygen atoms in total. The number of nitrogens with two attached hydrogens (primary N) is 1. The summed E-state index contributed by atoms with van der Waals surface area (Å²) >= 11 is 1.66. The maximum absolute atomic E-state index is 12.4. The number of amides is 1. The van der Waals surface area contributed by atoms with Gasteiger partial charge >= 0.3 is 0 Å². The minimum atomic E-state index is -0.192. The molecular formula is C15H20N4OS. The Bertz CT molecular complexity index is 616. The van der Waals surface area contributed by atoms with Crippen LogP contribution in [0.4, 0.5) is 5.69 Å². The smallest absolute Gasteiger partial charge is 0.274 e. The molecule has 1 fully saturated rings. The molecule has 0 radical (unpaired) electrons. The number of nitrogens with one attached hydrogen (secondary N) is 2. The van der Waals surface area contributed by atoms with Gasteiger partial charge in [-0.25, -0.2) is 0 Å². The molecule has 21 heavy (non-hydrogen) atoms. The molecule has 1 aliphatic rings. The molecule has 2 heterocycles. The number of hydrogen-bond acceptors (Lipinski definition) is 4. The molecule has 0 aliphatic heterocycles. The average Bonchev–Trinajstić information content (AvgIpc) is 3.01. The standard InChI is InChI=1S/C15H20N4OS/c1-2-4-10(11-5-3-8-21-11)17-15(20)14-12(16)13(18-19-14)9-6-7-9/h3,5,8-10H,2,4,6-7,16H2,1H3,(H,17,20)(H,18,19). The Morgan fingerprint density at radius 3 is 3.05 bits per heavy atom. The molecule has 112 valence electrons. The molecule has 1 atom stereocenters. The average molecular weight is 304 g/mol. The Morgan fingerprint density at radius 1 is 1.62 bits per heavy atom. The van der Waals surface area contributed by atoms with Gasteiger partial charge in [-0.3, -0.25) is 9.89 Å². The van der Waals surface area contributed by atoms with Crippen LogP contribution in [0.5, 0.6) is 0 Å². The summed E-state index contributed by atoms with van der Waals surface area (Å²) in [6.45, 7) is 2.11. The maximum atomic E-state index is 12.4. The fourth-order valence-corrected chi connectivity index (χ4v) is 3.32. The summed E-state index contributed by atoms with van der Waals surface area (Å²) in [7, 11) is 0. The minimum Gasteiger partial charge on any atom is -0.395 e. The molecule has 1 unspecified atom stereocenters. The number of rotatable bonds is 6. The number of aromatic nitrogens is 2. The lowest BCUT2D eigenvalue weighted by atomic mass is 10.1. The summed E-state index contributed by atoms with van der Waals surface area (Å²) in [5.41, 5.74) is 7.82. The number of aromatic amines is 1. The second-order valence-corrected chi connectivity index (χ2v) is 6.48. The number of nitrogen functional groups attached to an aromatic ring is 1. The first-order valence-electron chi connectivity index (χ1n) is 7.38. The first-order chi connectivity index (χ1) is 10.2. The predicted octanol–water partition coefficient (Wildman–Crippen LogP) is 3.20. The highest BCUT2D eigenvalue weighted by Crippen LogP contribution is 2.42. The maximum Gasteiger partial charge on any atom is 0.274 e. The molecule has 4 N–H and O–H groups in total. The van der Waals surface area contributed by atoms with E-state index in [2.05, 4.69) is 28.5 Å². The monoisotopic (exact) mass is 304 g/mol. The van der Waals surface area contributed by atoms with Crippen LogP contribution in [0.15, 0.2) is 17.5 Å². The van der Waals surface area contributed by atoms with Crippen molar-refractivity contribution >= 4 is 22.9 Å². The number of hydrogen-bond donors (Lipinski definition) is 3. The Kier molecular flexibility index (Phi) is 3.96. The molecular weight excluding hydrogens is 284 g/mol. The first kappa shape index (κ1) is 14.1. The molecule has 1 amide bonds. The number of thiophene rings is 1. The van der Waals surface area contributed by atoms with Gasteiger partial charge in [0.15, 0.2) is 5.69 Å². The van der Waals surface area contributed by atoms with Crippen molar-refractivity contribution in [1.29, 1.82) is 0 Å². The molecule has 0 spiro atoms. The van der Waals surface area contributed by atoms with Gasteiger partial charge in [0.25, 0.3) is 5.91 Å². The third-order valence-corrected chi connectivity index (χ3v) is 4.79. The Balaban J connectivity index is 1.75. The summed E-state index contributed by atoms with van der Waals surface area (Å²) in [6, 6.07) is 4.08. The van der Waals surface area contributed by atoms with E-state index in [4.69, 9.17) is 5.73 Å². The Hall–Kier alpha value is -1.82. The van der Waals surface area contributed by atoms with E-state index in [-0.39, 0.29) is 11.9 Å². The van der Waals surface area contributed by atoms with E-state index in [0.717, 1.165) is 31.4 Å². The molecule has 6 heteroatoms. The molecule has 2 aromatic heterocycles. The fourth-order valence-electron chi connectivity index (χ4n) is 2.51. The van der Waals surface area contributed by atoms with Crippen LogP contribution in [0.25, 0.3) is 0 Å². The number of nitrogens with zero attached hydrogens (tertiary/aromatic N) is 1. The zero-order chi connectivity index (χ0) is 14.8. The van der Waals surface area contributed by atoms with Crippen LogP contribution in [0, 0.1) is 0 Å². The van der Waals surface area contributed by atoms with Crippen LogP contribution in [0.3, 0.4) is 0 Å². The van der Waals surface area contributed by atoms with Crippen molar-refractivity contribution in [2.75, 3.05) is 5.73 Å². The molecule has 3 rings (SSSR count). The third kappa shape index (κ3) is 2.95. The first-order valence-corrected chi connectivity index (χ1v) is 8.26. The zero-order valence-corrected chi connectivity index (χ0v) is 12.9. The molecule has 1 aliphatic carbocycles. The van der Waals surface area contributed by atoms with Gasteiger partial charge < -0.3 is 11.1 Å². The van der Waals surface area contributed by atoms with E-state index in [0.29, 0.717) is 17.3 Å². The van der Waals surface area contributed by atoms with Crippen LogP contribution in [0.1, 0.15) is 65.6 Å². The quantitative estimate of drug-likeness (QED) is 0.766. The second-order valence-electron chi connectivity index (χ2n) is 5.50. The molecule has 0 bridgehead atoms. The van der Waals surface area contributed by atoms with Crippen molar-refractivity contribution in [1.82, 2.24) is 15.5 Å². The topological polar surface area (TPSA) is 83.8 Å². The van der Waals surface area contributed by atoms with E-state index in [1.807, 2.05) is 11.4 Å². The largest absolute Gasteiger partial charge is 0.395 e. The summed E-state index contributed by atoms with van der Waals surface area (Å²) in [4.78, 5) is 13.6. The van der Waals surface area contributed by atoms with Gasteiger partial charge in [0.05, 0.1) is 17.4 Å². The summed E-state index contributed by atoms with van der Waals surface area (Å²) in [5.74, 6) is 0.269. The molecule has 1 saturated carbocycles. The predicted molar refractivity (Wildman–Crippen MR) is 84.4 cm³/mol. The number of carbonyl (C=O) groups is 1. The molecule has 0 saturated heterocycles. The van der Waals surface area contributed by atoms with Crippen LogP contribution < -0.4 is 11.1 Å². The summed E-state index contributed by atoms with van der Waals surface area (Å²) < 4.78 is 0. The van der Waals surface area contributed by atoms with E-state index >= 15 is 0 Å². The van der Waals surface area contributed by atoms with Gasteiger partial charge in [-0.15, -0.1) is 11.3 Å². The van der Waals surface area contributed by atoms with Gasteiger partial charge in [-0.05, 0) is 30.7 Å². The van der Waals surface area contributed by atoms with Gasteiger partial charge in [-0.1, -0.05) is 19.4 Å². The number of H-pyrrole nitrogens is 1. The van der Waals surface area contributed by atoms with Crippen LogP contribution in [0.2, 0.25) is 0 Å². The fraction of sp³-hybridized carbons (Fsp3) is 0.467. The number of carbonyl (C=O) groups excluding carboxylic acids is 1. The summed E-state index contributed by atoms with van der Waals surface area (Å²) in [6.07, 6.45) is 4.17. The lowest BCUT2D eigenvalue weighted by Crippen LogP contribution is -2.29. The molecule has 0 aromatic carbocycles. The highest BCUT2D eigenvalue weighted by Gasteiger charge is 2.30. The van der Waals surface area contributed by atoms with Crippen LogP contribution in [-0.2, 0) is 0 Å². The van der Waals surface area contributed by atoms with Crippen molar-refractivity contribution in [3.05, 3.63) is 33.8 Å². The third-order valence-electron chi connectivity index (χ3n) is 3.80. The van der Waals surface area contributed by atoms with Crippen molar-refractivity contribution in [2.45, 2.75) is 44.6 Å². The van der Waals surface area contributed by atoms with E-state index < -0.39 is 0 Å². The normalized spacial score (nSPS) is 15.9. The lowest BCUT2D eigenvalue weighted by molar-refractivity contribution is 0.0931. The van der Waals surface area contributed by atoms with Crippen molar-refractivity contribution < 1.29 is 4.79 Å². The van der Waals surface area contributed by atoms with E-state index in [9.17, 15) is 4.79 Å². The van der Waals surface area contributed by atoms with Crippen molar-refractivity contribution in [2.24, 2.45) is 0 Å². The van der Waals surface area contributed by atoms with Gasteiger partial charge in [0.1, 0.15) is 0 Å². The van der Waals surface area contributed by atoms with Crippen molar-refractivity contribution in [3.63, 3.8) is 0 Å². The van der Waals surface area contributed by atoms with Gasteiger partial charge in [0.2, 0.25) is 0 Å². The lowest BCUT2D eigenvalue weighted by Gasteiger charge is -2.16. The zero-order valence-electron chi connectivity index (χ0n) is 12.1. The molecule has 2 aromatic rings.